The number of hydrogen-bond acceptors (Lipinski definition) is 5. The lowest BCUT2D eigenvalue weighted by atomic mass is 10.1. The molecule has 5 heteroatoms. The van der Waals surface area contributed by atoms with Gasteiger partial charge in [0.1, 0.15) is 5.75 Å². The largest absolute Gasteiger partial charge is 0.496 e. The van der Waals surface area contributed by atoms with Crippen LogP contribution in [0.15, 0.2) is 18.2 Å². The number of carbonyl (C=O) groups is 1. The summed E-state index contributed by atoms with van der Waals surface area (Å²) in [5.41, 5.74) is 2.39. The van der Waals surface area contributed by atoms with Gasteiger partial charge in [-0.3, -0.25) is 4.79 Å². The molecule has 0 saturated heterocycles. The lowest BCUT2D eigenvalue weighted by Gasteiger charge is -2.11. The van der Waals surface area contributed by atoms with Gasteiger partial charge >= 0.3 is 5.97 Å². The molecule has 116 valence electrons. The average Bonchev–Trinajstić information content (AvgIpc) is 3.30. The summed E-state index contributed by atoms with van der Waals surface area (Å²) in [7, 11) is 1.68. The van der Waals surface area contributed by atoms with E-state index in [2.05, 4.69) is 17.4 Å². The van der Waals surface area contributed by atoms with E-state index in [-0.39, 0.29) is 5.97 Å². The predicted molar refractivity (Wildman–Crippen MR) is 85.7 cm³/mol. The number of esters is 1. The van der Waals surface area contributed by atoms with Crippen molar-refractivity contribution >= 4 is 17.7 Å². The number of benzene rings is 1. The summed E-state index contributed by atoms with van der Waals surface area (Å²) in [6.45, 7) is 3.15. The fourth-order valence-corrected chi connectivity index (χ4v) is 2.85. The van der Waals surface area contributed by atoms with E-state index in [4.69, 9.17) is 9.47 Å². The molecule has 1 aromatic rings. The molecule has 0 bridgehead atoms. The molecular formula is C16H23NO3S. The van der Waals surface area contributed by atoms with E-state index >= 15 is 0 Å². The molecule has 21 heavy (non-hydrogen) atoms. The Labute approximate surface area is 130 Å². The van der Waals surface area contributed by atoms with Crippen LogP contribution in [0.25, 0.3) is 0 Å². The van der Waals surface area contributed by atoms with Gasteiger partial charge < -0.3 is 14.8 Å². The maximum Gasteiger partial charge on any atom is 0.315 e. The fraction of sp³-hybridized carbons (Fsp3) is 0.562. The maximum atomic E-state index is 11.4. The maximum absolute atomic E-state index is 11.4. The second-order valence-electron chi connectivity index (χ2n) is 5.10. The Hall–Kier alpha value is -1.20. The molecule has 0 aliphatic heterocycles. The van der Waals surface area contributed by atoms with Gasteiger partial charge in [0, 0.05) is 23.9 Å². The van der Waals surface area contributed by atoms with Gasteiger partial charge in [-0.05, 0) is 37.5 Å². The Bertz CT molecular complexity index is 475. The first kappa shape index (κ1) is 16.2. The topological polar surface area (TPSA) is 47.6 Å². The highest BCUT2D eigenvalue weighted by molar-refractivity contribution is 7.99. The minimum absolute atomic E-state index is 0.159. The molecular weight excluding hydrogens is 286 g/mol. The molecule has 1 aliphatic carbocycles. The van der Waals surface area contributed by atoms with E-state index in [0.29, 0.717) is 18.4 Å². The van der Waals surface area contributed by atoms with Crippen LogP contribution < -0.4 is 10.1 Å². The monoisotopic (exact) mass is 309 g/mol. The summed E-state index contributed by atoms with van der Waals surface area (Å²) >= 11 is 1.55. The van der Waals surface area contributed by atoms with E-state index in [1.807, 2.05) is 13.0 Å². The smallest absolute Gasteiger partial charge is 0.315 e. The van der Waals surface area contributed by atoms with Gasteiger partial charge in [0.2, 0.25) is 0 Å². The van der Waals surface area contributed by atoms with Crippen LogP contribution in [0.3, 0.4) is 0 Å². The van der Waals surface area contributed by atoms with Crippen LogP contribution in [-0.4, -0.2) is 31.5 Å². The molecule has 1 saturated carbocycles. The van der Waals surface area contributed by atoms with Crippen LogP contribution in [0.4, 0.5) is 0 Å². The summed E-state index contributed by atoms with van der Waals surface area (Å²) in [4.78, 5) is 11.4. The molecule has 1 N–H and O–H groups in total. The van der Waals surface area contributed by atoms with Gasteiger partial charge in [-0.2, -0.15) is 0 Å². The third kappa shape index (κ3) is 5.59. The molecule has 0 heterocycles. The standard InChI is InChI=1S/C16H23NO3S/c1-3-20-16(18)11-21-10-13-8-12(4-7-15(13)19-2)9-17-14-5-6-14/h4,7-8,14,17H,3,5-6,9-11H2,1-2H3. The van der Waals surface area contributed by atoms with E-state index in [1.165, 1.54) is 18.4 Å². The van der Waals surface area contributed by atoms with Crippen LogP contribution in [-0.2, 0) is 21.8 Å². The molecule has 0 unspecified atom stereocenters. The Morgan fingerprint density at radius 2 is 2.24 bits per heavy atom. The molecule has 1 fully saturated rings. The van der Waals surface area contributed by atoms with Crippen molar-refractivity contribution < 1.29 is 14.3 Å². The normalized spacial score (nSPS) is 14.0. The Morgan fingerprint density at radius 3 is 2.90 bits per heavy atom. The van der Waals surface area contributed by atoms with Crippen molar-refractivity contribution in [1.29, 1.82) is 0 Å². The quantitative estimate of drug-likeness (QED) is 0.711. The summed E-state index contributed by atoms with van der Waals surface area (Å²) in [6.07, 6.45) is 2.58. The SMILES string of the molecule is CCOC(=O)CSCc1cc(CNC2CC2)ccc1OC. The first-order chi connectivity index (χ1) is 10.2. The zero-order chi connectivity index (χ0) is 15.1. The molecule has 0 amide bonds. The number of carbonyl (C=O) groups excluding carboxylic acids is 1. The number of rotatable bonds is 9. The molecule has 0 spiro atoms. The highest BCUT2D eigenvalue weighted by atomic mass is 32.2. The molecule has 0 aromatic heterocycles. The second kappa shape index (κ2) is 8.29. The van der Waals surface area contributed by atoms with Gasteiger partial charge in [-0.25, -0.2) is 0 Å². The third-order valence-electron chi connectivity index (χ3n) is 3.30. The lowest BCUT2D eigenvalue weighted by Crippen LogP contribution is -2.15. The molecule has 4 nitrogen and oxygen atoms in total. The van der Waals surface area contributed by atoms with Crippen molar-refractivity contribution in [3.63, 3.8) is 0 Å². The second-order valence-corrected chi connectivity index (χ2v) is 6.08. The van der Waals surface area contributed by atoms with Crippen LogP contribution in [0, 0.1) is 0 Å². The Balaban J connectivity index is 1.88. The third-order valence-corrected chi connectivity index (χ3v) is 4.25. The number of ether oxygens (including phenoxy) is 2. The molecule has 2 rings (SSSR count). The van der Waals surface area contributed by atoms with E-state index in [0.717, 1.165) is 23.6 Å². The molecule has 0 atom stereocenters. The molecule has 1 aromatic carbocycles. The van der Waals surface area contributed by atoms with Crippen molar-refractivity contribution in [2.24, 2.45) is 0 Å². The van der Waals surface area contributed by atoms with Crippen molar-refractivity contribution in [2.45, 2.75) is 38.1 Å². The number of thioether (sulfide) groups is 1. The lowest BCUT2D eigenvalue weighted by molar-refractivity contribution is -0.139. The minimum atomic E-state index is -0.159. The average molecular weight is 309 g/mol. The summed E-state index contributed by atoms with van der Waals surface area (Å²) in [6, 6.07) is 6.96. The minimum Gasteiger partial charge on any atom is -0.496 e. The van der Waals surface area contributed by atoms with Gasteiger partial charge in [0.05, 0.1) is 19.5 Å². The van der Waals surface area contributed by atoms with Gasteiger partial charge in [-0.1, -0.05) is 6.07 Å². The predicted octanol–water partition coefficient (Wildman–Crippen LogP) is 2.74. The van der Waals surface area contributed by atoms with Crippen molar-refractivity contribution in [3.8, 4) is 5.75 Å². The van der Waals surface area contributed by atoms with Crippen LogP contribution in [0.2, 0.25) is 0 Å². The van der Waals surface area contributed by atoms with Crippen LogP contribution in [0.1, 0.15) is 30.9 Å². The number of nitrogens with one attached hydrogen (secondary N) is 1. The number of hydrogen-bond donors (Lipinski definition) is 1. The van der Waals surface area contributed by atoms with Crippen molar-refractivity contribution in [3.05, 3.63) is 29.3 Å². The van der Waals surface area contributed by atoms with Gasteiger partial charge in [-0.15, -0.1) is 11.8 Å². The summed E-state index contributed by atoms with van der Waals surface area (Å²) in [5, 5.41) is 3.51. The van der Waals surface area contributed by atoms with Crippen molar-refractivity contribution in [2.75, 3.05) is 19.5 Å². The van der Waals surface area contributed by atoms with Crippen molar-refractivity contribution in [1.82, 2.24) is 5.32 Å². The van der Waals surface area contributed by atoms with Gasteiger partial charge in [0.15, 0.2) is 0 Å². The van der Waals surface area contributed by atoms with Crippen LogP contribution >= 0.6 is 11.8 Å². The zero-order valence-corrected chi connectivity index (χ0v) is 13.5. The molecule has 0 radical (unpaired) electrons. The first-order valence-electron chi connectivity index (χ1n) is 7.35. The van der Waals surface area contributed by atoms with E-state index in [1.54, 1.807) is 18.9 Å². The van der Waals surface area contributed by atoms with Crippen LogP contribution in [0.5, 0.6) is 5.75 Å². The molecule has 1 aliphatic rings. The Kier molecular flexibility index (Phi) is 6.39. The Morgan fingerprint density at radius 1 is 1.43 bits per heavy atom. The van der Waals surface area contributed by atoms with Gasteiger partial charge in [0.25, 0.3) is 0 Å². The summed E-state index contributed by atoms with van der Waals surface area (Å²) < 4.78 is 10.3. The first-order valence-corrected chi connectivity index (χ1v) is 8.51. The summed E-state index contributed by atoms with van der Waals surface area (Å²) in [5.74, 6) is 1.84. The number of methoxy groups -OCH3 is 1. The van der Waals surface area contributed by atoms with E-state index in [9.17, 15) is 4.79 Å². The highest BCUT2D eigenvalue weighted by Gasteiger charge is 2.20. The fourth-order valence-electron chi connectivity index (χ4n) is 2.05. The zero-order valence-electron chi connectivity index (χ0n) is 12.7. The van der Waals surface area contributed by atoms with E-state index < -0.39 is 0 Å². The highest BCUT2D eigenvalue weighted by Crippen LogP contribution is 2.25.